The van der Waals surface area contributed by atoms with Gasteiger partial charge in [-0.25, -0.2) is 14.4 Å². The molecule has 1 aromatic heterocycles. The van der Waals surface area contributed by atoms with E-state index < -0.39 is 23.6 Å². The second kappa shape index (κ2) is 5.16. The van der Waals surface area contributed by atoms with Gasteiger partial charge < -0.3 is 5.73 Å². The maximum absolute atomic E-state index is 13.5. The molecule has 0 aliphatic heterocycles. The number of hydrogen-bond donors (Lipinski definition) is 1. The topological polar surface area (TPSA) is 51.8 Å². The maximum Gasteiger partial charge on any atom is 0.419 e. The maximum atomic E-state index is 13.5. The Balaban J connectivity index is 2.34. The molecule has 2 aromatic rings. The second-order valence-electron chi connectivity index (χ2n) is 4.33. The Morgan fingerprint density at radius 3 is 2.25 bits per heavy atom. The van der Waals surface area contributed by atoms with Gasteiger partial charge in [-0.05, 0) is 30.2 Å². The SMILES string of the molecule is Cc1cnc(C(N)c2ccc(C(F)(F)F)c(F)c2)nc1. The highest BCUT2D eigenvalue weighted by Crippen LogP contribution is 2.32. The Kier molecular flexibility index (Phi) is 3.71. The molecular weight excluding hydrogens is 274 g/mol. The Morgan fingerprint density at radius 1 is 1.15 bits per heavy atom. The first-order chi connectivity index (χ1) is 9.29. The van der Waals surface area contributed by atoms with Crippen molar-refractivity contribution in [3.05, 3.63) is 58.9 Å². The Morgan fingerprint density at radius 2 is 1.75 bits per heavy atom. The first-order valence-electron chi connectivity index (χ1n) is 5.70. The van der Waals surface area contributed by atoms with Crippen LogP contribution in [0.4, 0.5) is 17.6 Å². The minimum absolute atomic E-state index is 0.180. The predicted octanol–water partition coefficient (Wildman–Crippen LogP) is 2.99. The smallest absolute Gasteiger partial charge is 0.318 e. The molecular formula is C13H11F4N3. The normalized spacial score (nSPS) is 13.3. The van der Waals surface area contributed by atoms with E-state index in [1.807, 2.05) is 0 Å². The van der Waals surface area contributed by atoms with Crippen molar-refractivity contribution in [2.45, 2.75) is 19.1 Å². The summed E-state index contributed by atoms with van der Waals surface area (Å²) in [6.07, 6.45) is -1.67. The summed E-state index contributed by atoms with van der Waals surface area (Å²) in [5.74, 6) is -1.15. The van der Waals surface area contributed by atoms with Gasteiger partial charge in [0.2, 0.25) is 0 Å². The summed E-state index contributed by atoms with van der Waals surface area (Å²) in [4.78, 5) is 7.95. The number of rotatable bonds is 2. The quantitative estimate of drug-likeness (QED) is 0.863. The van der Waals surface area contributed by atoms with Gasteiger partial charge in [-0.15, -0.1) is 0 Å². The van der Waals surface area contributed by atoms with Crippen molar-refractivity contribution in [1.82, 2.24) is 9.97 Å². The van der Waals surface area contributed by atoms with Crippen molar-refractivity contribution in [2.24, 2.45) is 5.73 Å². The Hall–Kier alpha value is -2.02. The first kappa shape index (κ1) is 14.4. The second-order valence-corrected chi connectivity index (χ2v) is 4.33. The number of nitrogens with two attached hydrogens (primary N) is 1. The summed E-state index contributed by atoms with van der Waals surface area (Å²) in [5, 5.41) is 0. The number of aromatic nitrogens is 2. The molecule has 1 heterocycles. The molecule has 1 atom stereocenters. The van der Waals surface area contributed by atoms with Crippen LogP contribution in [0.5, 0.6) is 0 Å². The molecule has 0 spiro atoms. The average molecular weight is 285 g/mol. The molecule has 0 saturated carbocycles. The lowest BCUT2D eigenvalue weighted by Crippen LogP contribution is -2.17. The van der Waals surface area contributed by atoms with E-state index in [2.05, 4.69) is 9.97 Å². The third-order valence-electron chi connectivity index (χ3n) is 2.74. The van der Waals surface area contributed by atoms with E-state index in [4.69, 9.17) is 5.73 Å². The lowest BCUT2D eigenvalue weighted by molar-refractivity contribution is -0.140. The fourth-order valence-electron chi connectivity index (χ4n) is 1.67. The Bertz CT molecular complexity index is 608. The molecule has 106 valence electrons. The third-order valence-corrected chi connectivity index (χ3v) is 2.74. The van der Waals surface area contributed by atoms with Gasteiger partial charge in [0.05, 0.1) is 11.6 Å². The number of alkyl halides is 3. The lowest BCUT2D eigenvalue weighted by Gasteiger charge is -2.13. The molecule has 2 N–H and O–H groups in total. The van der Waals surface area contributed by atoms with Crippen molar-refractivity contribution in [1.29, 1.82) is 0 Å². The molecule has 0 bridgehead atoms. The van der Waals surface area contributed by atoms with E-state index in [-0.39, 0.29) is 11.4 Å². The number of benzene rings is 1. The number of nitrogens with zero attached hydrogens (tertiary/aromatic N) is 2. The Labute approximate surface area is 112 Å². The zero-order valence-electron chi connectivity index (χ0n) is 10.4. The summed E-state index contributed by atoms with van der Waals surface area (Å²) >= 11 is 0. The van der Waals surface area contributed by atoms with Gasteiger partial charge in [-0.1, -0.05) is 6.07 Å². The molecule has 0 saturated heterocycles. The van der Waals surface area contributed by atoms with Gasteiger partial charge in [0.25, 0.3) is 0 Å². The van der Waals surface area contributed by atoms with Gasteiger partial charge in [0.1, 0.15) is 11.6 Å². The fourth-order valence-corrected chi connectivity index (χ4v) is 1.67. The molecule has 0 fully saturated rings. The molecule has 3 nitrogen and oxygen atoms in total. The van der Waals surface area contributed by atoms with Gasteiger partial charge in [0.15, 0.2) is 0 Å². The van der Waals surface area contributed by atoms with Gasteiger partial charge in [-0.2, -0.15) is 13.2 Å². The van der Waals surface area contributed by atoms with Crippen molar-refractivity contribution in [3.63, 3.8) is 0 Å². The zero-order valence-corrected chi connectivity index (χ0v) is 10.4. The van der Waals surface area contributed by atoms with E-state index in [9.17, 15) is 17.6 Å². The number of halogens is 4. The van der Waals surface area contributed by atoms with Gasteiger partial charge in [0, 0.05) is 12.4 Å². The van der Waals surface area contributed by atoms with Crippen LogP contribution in [0.1, 0.15) is 28.6 Å². The van der Waals surface area contributed by atoms with E-state index in [0.717, 1.165) is 17.7 Å². The van der Waals surface area contributed by atoms with Gasteiger partial charge >= 0.3 is 6.18 Å². The van der Waals surface area contributed by atoms with Crippen molar-refractivity contribution < 1.29 is 17.6 Å². The fraction of sp³-hybridized carbons (Fsp3) is 0.231. The van der Waals surface area contributed by atoms with E-state index >= 15 is 0 Å². The summed E-state index contributed by atoms with van der Waals surface area (Å²) in [6.45, 7) is 1.78. The van der Waals surface area contributed by atoms with Crippen molar-refractivity contribution in [2.75, 3.05) is 0 Å². The van der Waals surface area contributed by atoms with Crippen LogP contribution >= 0.6 is 0 Å². The minimum atomic E-state index is -4.73. The van der Waals surface area contributed by atoms with Crippen LogP contribution in [0.2, 0.25) is 0 Å². The number of aryl methyl sites for hydroxylation is 1. The van der Waals surface area contributed by atoms with Crippen molar-refractivity contribution in [3.8, 4) is 0 Å². The molecule has 0 aliphatic rings. The van der Waals surface area contributed by atoms with Crippen LogP contribution in [0, 0.1) is 12.7 Å². The standard InChI is InChI=1S/C13H11F4N3/c1-7-5-19-12(20-6-7)11(18)8-2-3-9(10(14)4-8)13(15,16)17/h2-6,11H,18H2,1H3. The molecule has 1 aromatic carbocycles. The molecule has 20 heavy (non-hydrogen) atoms. The lowest BCUT2D eigenvalue weighted by atomic mass is 10.0. The van der Waals surface area contributed by atoms with Gasteiger partial charge in [-0.3, -0.25) is 0 Å². The van der Waals surface area contributed by atoms with Crippen LogP contribution in [0.3, 0.4) is 0 Å². The van der Waals surface area contributed by atoms with E-state index in [1.165, 1.54) is 12.4 Å². The van der Waals surface area contributed by atoms with E-state index in [1.54, 1.807) is 6.92 Å². The summed E-state index contributed by atoms with van der Waals surface area (Å²) < 4.78 is 50.8. The van der Waals surface area contributed by atoms with Crippen LogP contribution < -0.4 is 5.73 Å². The largest absolute Gasteiger partial charge is 0.419 e. The van der Waals surface area contributed by atoms with E-state index in [0.29, 0.717) is 6.07 Å². The molecule has 0 amide bonds. The third kappa shape index (κ3) is 2.93. The molecule has 0 aliphatic carbocycles. The van der Waals surface area contributed by atoms with Crippen LogP contribution in [0.25, 0.3) is 0 Å². The van der Waals surface area contributed by atoms with Crippen LogP contribution in [-0.2, 0) is 6.18 Å². The number of hydrogen-bond acceptors (Lipinski definition) is 3. The molecule has 1 unspecified atom stereocenters. The highest BCUT2D eigenvalue weighted by Gasteiger charge is 2.34. The van der Waals surface area contributed by atoms with Crippen LogP contribution in [0.15, 0.2) is 30.6 Å². The van der Waals surface area contributed by atoms with Crippen LogP contribution in [-0.4, -0.2) is 9.97 Å². The average Bonchev–Trinajstić information content (AvgIpc) is 2.37. The summed E-state index contributed by atoms with van der Waals surface area (Å²) in [5.41, 5.74) is 5.50. The summed E-state index contributed by atoms with van der Waals surface area (Å²) in [7, 11) is 0. The summed E-state index contributed by atoms with van der Waals surface area (Å²) in [6, 6.07) is 1.67. The monoisotopic (exact) mass is 285 g/mol. The minimum Gasteiger partial charge on any atom is -0.318 e. The molecule has 2 rings (SSSR count). The highest BCUT2D eigenvalue weighted by atomic mass is 19.4. The molecule has 7 heteroatoms. The molecule has 0 radical (unpaired) electrons. The zero-order chi connectivity index (χ0) is 14.9. The van der Waals surface area contributed by atoms with Crippen molar-refractivity contribution >= 4 is 0 Å². The first-order valence-corrected chi connectivity index (χ1v) is 5.70. The highest BCUT2D eigenvalue weighted by molar-refractivity contribution is 5.31. The predicted molar refractivity (Wildman–Crippen MR) is 64.2 cm³/mol.